The zero-order valence-corrected chi connectivity index (χ0v) is 13.8. The molecule has 4 rings (SSSR count). The Hall–Kier alpha value is -1.95. The molecule has 0 aliphatic carbocycles. The SMILES string of the molecule is O=C1CCCN1C[C@@H]1OC[C@H]2CCN(C(=O)c3cccnc3)C[C@H]21. The van der Waals surface area contributed by atoms with Gasteiger partial charge in [-0.3, -0.25) is 14.6 Å². The minimum absolute atomic E-state index is 0.0458. The molecule has 0 N–H and O–H groups in total. The Morgan fingerprint density at radius 3 is 3.04 bits per heavy atom. The number of ether oxygens (including phenoxy) is 1. The van der Waals surface area contributed by atoms with Gasteiger partial charge in [-0.1, -0.05) is 0 Å². The Bertz CT molecular complexity index is 621. The Balaban J connectivity index is 1.43. The summed E-state index contributed by atoms with van der Waals surface area (Å²) in [7, 11) is 0. The molecular weight excluding hydrogens is 306 g/mol. The second kappa shape index (κ2) is 6.51. The number of carbonyl (C=O) groups is 2. The van der Waals surface area contributed by atoms with Crippen LogP contribution in [0.1, 0.15) is 29.6 Å². The Kier molecular flexibility index (Phi) is 4.22. The molecule has 3 aliphatic heterocycles. The third-order valence-electron chi connectivity index (χ3n) is 5.58. The van der Waals surface area contributed by atoms with Crippen LogP contribution >= 0.6 is 0 Å². The number of piperidine rings is 1. The molecule has 0 unspecified atom stereocenters. The van der Waals surface area contributed by atoms with Crippen molar-refractivity contribution in [3.05, 3.63) is 30.1 Å². The number of aromatic nitrogens is 1. The highest BCUT2D eigenvalue weighted by molar-refractivity contribution is 5.93. The van der Waals surface area contributed by atoms with Gasteiger partial charge in [0.15, 0.2) is 0 Å². The van der Waals surface area contributed by atoms with Gasteiger partial charge in [0.2, 0.25) is 5.91 Å². The molecule has 1 aromatic heterocycles. The fraction of sp³-hybridized carbons (Fsp3) is 0.611. The van der Waals surface area contributed by atoms with Crippen LogP contribution in [0.2, 0.25) is 0 Å². The van der Waals surface area contributed by atoms with Gasteiger partial charge in [-0.25, -0.2) is 0 Å². The molecular formula is C18H23N3O3. The van der Waals surface area contributed by atoms with E-state index in [1.165, 1.54) is 0 Å². The highest BCUT2D eigenvalue weighted by Gasteiger charge is 2.43. The average Bonchev–Trinajstić information content (AvgIpc) is 3.22. The number of pyridine rings is 1. The lowest BCUT2D eigenvalue weighted by molar-refractivity contribution is -0.129. The molecule has 0 spiro atoms. The van der Waals surface area contributed by atoms with Gasteiger partial charge in [0.25, 0.3) is 5.91 Å². The van der Waals surface area contributed by atoms with Crippen LogP contribution in [-0.4, -0.2) is 65.5 Å². The first-order valence-corrected chi connectivity index (χ1v) is 8.81. The number of amides is 2. The van der Waals surface area contributed by atoms with Crippen molar-refractivity contribution in [2.75, 3.05) is 32.8 Å². The van der Waals surface area contributed by atoms with E-state index in [0.29, 0.717) is 36.9 Å². The first-order chi connectivity index (χ1) is 11.7. The summed E-state index contributed by atoms with van der Waals surface area (Å²) in [5.41, 5.74) is 0.640. The van der Waals surface area contributed by atoms with Crippen molar-refractivity contribution in [1.29, 1.82) is 0 Å². The Morgan fingerprint density at radius 1 is 1.38 bits per heavy atom. The lowest BCUT2D eigenvalue weighted by Gasteiger charge is -2.36. The minimum atomic E-state index is 0.0458. The normalized spacial score (nSPS) is 29.8. The predicted molar refractivity (Wildman–Crippen MR) is 87.3 cm³/mol. The van der Waals surface area contributed by atoms with Crippen molar-refractivity contribution in [2.24, 2.45) is 11.8 Å². The highest BCUT2D eigenvalue weighted by Crippen LogP contribution is 2.35. The standard InChI is InChI=1S/C18H23N3O3/c22-17-4-2-7-20(17)11-16-15-10-21(8-5-14(15)12-24-16)18(23)13-3-1-6-19-9-13/h1,3,6,9,14-16H,2,4-5,7-8,10-12H2/t14-,15-,16+/m1/s1. The molecule has 3 atom stereocenters. The molecule has 4 heterocycles. The number of likely N-dealkylation sites (tertiary alicyclic amines) is 2. The number of rotatable bonds is 3. The summed E-state index contributed by atoms with van der Waals surface area (Å²) in [6, 6.07) is 3.60. The summed E-state index contributed by atoms with van der Waals surface area (Å²) in [5, 5.41) is 0. The summed E-state index contributed by atoms with van der Waals surface area (Å²) in [6.07, 6.45) is 5.94. The fourth-order valence-corrected chi connectivity index (χ4v) is 4.19. The van der Waals surface area contributed by atoms with Crippen LogP contribution in [0.25, 0.3) is 0 Å². The van der Waals surface area contributed by atoms with Gasteiger partial charge in [-0.05, 0) is 30.9 Å². The fourth-order valence-electron chi connectivity index (χ4n) is 4.19. The molecule has 6 heteroatoms. The Morgan fingerprint density at radius 2 is 2.29 bits per heavy atom. The summed E-state index contributed by atoms with van der Waals surface area (Å²) >= 11 is 0. The number of carbonyl (C=O) groups excluding carboxylic acids is 2. The van der Waals surface area contributed by atoms with Crippen LogP contribution in [-0.2, 0) is 9.53 Å². The van der Waals surface area contributed by atoms with Gasteiger partial charge in [0, 0.05) is 50.9 Å². The minimum Gasteiger partial charge on any atom is -0.376 e. The van der Waals surface area contributed by atoms with Crippen molar-refractivity contribution >= 4 is 11.8 Å². The van der Waals surface area contributed by atoms with Crippen LogP contribution in [0.5, 0.6) is 0 Å². The predicted octanol–water partition coefficient (Wildman–Crippen LogP) is 1.18. The van der Waals surface area contributed by atoms with Crippen LogP contribution < -0.4 is 0 Å². The maximum atomic E-state index is 12.7. The van der Waals surface area contributed by atoms with Crippen LogP contribution in [0.15, 0.2) is 24.5 Å². The first kappa shape index (κ1) is 15.6. The number of nitrogens with zero attached hydrogens (tertiary/aromatic N) is 3. The second-order valence-electron chi connectivity index (χ2n) is 7.02. The summed E-state index contributed by atoms with van der Waals surface area (Å²) in [5.74, 6) is 1.11. The van der Waals surface area contributed by atoms with E-state index >= 15 is 0 Å². The molecule has 6 nitrogen and oxygen atoms in total. The zero-order chi connectivity index (χ0) is 16.5. The smallest absolute Gasteiger partial charge is 0.255 e. The third kappa shape index (κ3) is 2.90. The monoisotopic (exact) mass is 329 g/mol. The Labute approximate surface area is 141 Å². The quantitative estimate of drug-likeness (QED) is 0.835. The zero-order valence-electron chi connectivity index (χ0n) is 13.8. The number of hydrogen-bond donors (Lipinski definition) is 0. The van der Waals surface area contributed by atoms with Gasteiger partial charge in [0.1, 0.15) is 0 Å². The van der Waals surface area contributed by atoms with Gasteiger partial charge in [0.05, 0.1) is 18.3 Å². The van der Waals surface area contributed by atoms with Crippen molar-refractivity contribution in [3.63, 3.8) is 0 Å². The van der Waals surface area contributed by atoms with Crippen LogP contribution in [0, 0.1) is 11.8 Å². The number of fused-ring (bicyclic) bond motifs is 1. The highest BCUT2D eigenvalue weighted by atomic mass is 16.5. The molecule has 0 bridgehead atoms. The van der Waals surface area contributed by atoms with E-state index in [9.17, 15) is 9.59 Å². The molecule has 0 aromatic carbocycles. The molecule has 128 valence electrons. The van der Waals surface area contributed by atoms with E-state index in [-0.39, 0.29) is 17.9 Å². The second-order valence-corrected chi connectivity index (χ2v) is 7.02. The topological polar surface area (TPSA) is 62.7 Å². The lowest BCUT2D eigenvalue weighted by atomic mass is 9.84. The van der Waals surface area contributed by atoms with E-state index in [0.717, 1.165) is 32.5 Å². The lowest BCUT2D eigenvalue weighted by Crippen LogP contribution is -2.47. The van der Waals surface area contributed by atoms with Crippen molar-refractivity contribution in [2.45, 2.75) is 25.4 Å². The van der Waals surface area contributed by atoms with Gasteiger partial charge in [-0.15, -0.1) is 0 Å². The third-order valence-corrected chi connectivity index (χ3v) is 5.58. The molecule has 3 aliphatic rings. The van der Waals surface area contributed by atoms with Crippen molar-refractivity contribution in [1.82, 2.24) is 14.8 Å². The maximum Gasteiger partial charge on any atom is 0.255 e. The van der Waals surface area contributed by atoms with Gasteiger partial charge in [-0.2, -0.15) is 0 Å². The summed E-state index contributed by atoms with van der Waals surface area (Å²) in [4.78, 5) is 32.4. The first-order valence-electron chi connectivity index (χ1n) is 8.81. The van der Waals surface area contributed by atoms with E-state index in [4.69, 9.17) is 4.74 Å². The van der Waals surface area contributed by atoms with E-state index in [1.807, 2.05) is 15.9 Å². The summed E-state index contributed by atoms with van der Waals surface area (Å²) < 4.78 is 6.00. The molecule has 3 fully saturated rings. The van der Waals surface area contributed by atoms with Crippen molar-refractivity contribution < 1.29 is 14.3 Å². The van der Waals surface area contributed by atoms with E-state index in [1.54, 1.807) is 18.5 Å². The molecule has 1 aromatic rings. The molecule has 0 radical (unpaired) electrons. The largest absolute Gasteiger partial charge is 0.376 e. The van der Waals surface area contributed by atoms with Crippen molar-refractivity contribution in [3.8, 4) is 0 Å². The van der Waals surface area contributed by atoms with E-state index < -0.39 is 0 Å². The maximum absolute atomic E-state index is 12.7. The van der Waals surface area contributed by atoms with Gasteiger partial charge < -0.3 is 14.5 Å². The summed E-state index contributed by atoms with van der Waals surface area (Å²) in [6.45, 7) is 3.76. The molecule has 3 saturated heterocycles. The van der Waals surface area contributed by atoms with Crippen LogP contribution in [0.3, 0.4) is 0 Å². The van der Waals surface area contributed by atoms with Crippen LogP contribution in [0.4, 0.5) is 0 Å². The van der Waals surface area contributed by atoms with Gasteiger partial charge >= 0.3 is 0 Å². The molecule has 2 amide bonds. The molecule has 24 heavy (non-hydrogen) atoms. The molecule has 0 saturated carbocycles. The van der Waals surface area contributed by atoms with E-state index in [2.05, 4.69) is 4.98 Å². The number of hydrogen-bond acceptors (Lipinski definition) is 4. The average molecular weight is 329 g/mol.